The Morgan fingerprint density at radius 3 is 2.54 bits per heavy atom. The van der Waals surface area contributed by atoms with E-state index in [-0.39, 0.29) is 18.5 Å². The molecule has 2 aliphatic rings. The van der Waals surface area contributed by atoms with E-state index < -0.39 is 8.32 Å². The smallest absolute Gasteiger partial charge is 0.302 e. The molecular formula is C21H38O4Si. The van der Waals surface area contributed by atoms with Gasteiger partial charge in [-0.15, -0.1) is 0 Å². The van der Waals surface area contributed by atoms with Crippen molar-refractivity contribution < 1.29 is 18.8 Å². The van der Waals surface area contributed by atoms with Crippen LogP contribution in [-0.2, 0) is 18.8 Å². The van der Waals surface area contributed by atoms with E-state index in [0.717, 1.165) is 12.7 Å². The second kappa shape index (κ2) is 8.55. The number of hydrogen-bond acceptors (Lipinski definition) is 4. The molecule has 0 aromatic carbocycles. The Morgan fingerprint density at radius 1 is 1.27 bits per heavy atom. The molecule has 6 unspecified atom stereocenters. The van der Waals surface area contributed by atoms with Crippen LogP contribution in [0.3, 0.4) is 0 Å². The van der Waals surface area contributed by atoms with Crippen LogP contribution in [0.15, 0.2) is 0 Å². The number of hydrogen-bond donors (Lipinski definition) is 0. The van der Waals surface area contributed by atoms with Gasteiger partial charge in [-0.25, -0.2) is 0 Å². The molecule has 2 rings (SSSR count). The van der Waals surface area contributed by atoms with E-state index >= 15 is 0 Å². The number of fused-ring (bicyclic) bond motifs is 1. The van der Waals surface area contributed by atoms with Gasteiger partial charge in [-0.3, -0.25) is 4.79 Å². The maximum absolute atomic E-state index is 11.4. The van der Waals surface area contributed by atoms with Crippen molar-refractivity contribution in [3.8, 4) is 0 Å². The molecule has 0 bridgehead atoms. The first-order valence-corrected chi connectivity index (χ1v) is 13.7. The van der Waals surface area contributed by atoms with Gasteiger partial charge >= 0.3 is 5.97 Å². The Bertz CT molecular complexity index is 501. The third kappa shape index (κ3) is 5.19. The van der Waals surface area contributed by atoms with Crippen molar-refractivity contribution in [1.29, 1.82) is 0 Å². The molecule has 0 saturated heterocycles. The molecule has 6 atom stereocenters. The molecule has 0 aromatic rings. The van der Waals surface area contributed by atoms with Gasteiger partial charge in [-0.2, -0.15) is 0 Å². The fraction of sp³-hybridized carbons (Fsp3) is 0.905. The highest BCUT2D eigenvalue weighted by atomic mass is 28.4. The molecule has 5 heteroatoms. The van der Waals surface area contributed by atoms with Crippen LogP contribution in [0, 0.1) is 29.1 Å². The summed E-state index contributed by atoms with van der Waals surface area (Å²) in [5, 5.41) is 0. The Balaban J connectivity index is 2.04. The normalized spacial score (nSPS) is 34.0. The summed E-state index contributed by atoms with van der Waals surface area (Å²) in [6, 6.07) is 0. The molecule has 0 amide bonds. The number of esters is 1. The molecule has 26 heavy (non-hydrogen) atoms. The molecular weight excluding hydrogens is 344 g/mol. The van der Waals surface area contributed by atoms with E-state index in [4.69, 9.17) is 9.16 Å². The Hall–Kier alpha value is -0.683. The van der Waals surface area contributed by atoms with E-state index in [1.54, 1.807) is 0 Å². The van der Waals surface area contributed by atoms with E-state index in [1.165, 1.54) is 39.0 Å². The minimum absolute atomic E-state index is 0.186. The average molecular weight is 383 g/mol. The van der Waals surface area contributed by atoms with Gasteiger partial charge in [0.2, 0.25) is 0 Å². The minimum Gasteiger partial charge on any atom is -0.465 e. The summed E-state index contributed by atoms with van der Waals surface area (Å²) in [6.07, 6.45) is 8.39. The Labute approximate surface area is 160 Å². The lowest BCUT2D eigenvalue weighted by Gasteiger charge is -2.48. The molecule has 0 heterocycles. The zero-order valence-electron chi connectivity index (χ0n) is 17.5. The van der Waals surface area contributed by atoms with Crippen molar-refractivity contribution >= 4 is 20.6 Å². The van der Waals surface area contributed by atoms with Crippen molar-refractivity contribution in [2.45, 2.75) is 85.0 Å². The summed E-state index contributed by atoms with van der Waals surface area (Å²) in [7, 11) is -1.53. The fourth-order valence-electron chi connectivity index (χ4n) is 5.72. The lowest BCUT2D eigenvalue weighted by atomic mass is 9.61. The summed E-state index contributed by atoms with van der Waals surface area (Å²) in [4.78, 5) is 22.5. The van der Waals surface area contributed by atoms with Gasteiger partial charge in [0.05, 0.1) is 0 Å². The van der Waals surface area contributed by atoms with Crippen LogP contribution in [0.4, 0.5) is 0 Å². The van der Waals surface area contributed by atoms with Crippen LogP contribution in [0.5, 0.6) is 0 Å². The van der Waals surface area contributed by atoms with Crippen molar-refractivity contribution in [3.05, 3.63) is 0 Å². The van der Waals surface area contributed by atoms with Gasteiger partial charge in [0.15, 0.2) is 8.32 Å². The predicted molar refractivity (Wildman–Crippen MR) is 106 cm³/mol. The number of ether oxygens (including phenoxy) is 1. The molecule has 0 radical (unpaired) electrons. The van der Waals surface area contributed by atoms with Gasteiger partial charge in [0, 0.05) is 18.9 Å². The molecule has 4 nitrogen and oxygen atoms in total. The van der Waals surface area contributed by atoms with E-state index in [9.17, 15) is 9.59 Å². The van der Waals surface area contributed by atoms with Crippen LogP contribution in [0.25, 0.3) is 0 Å². The van der Waals surface area contributed by atoms with Crippen LogP contribution < -0.4 is 0 Å². The summed E-state index contributed by atoms with van der Waals surface area (Å²) in [5.41, 5.74) is 0.316. The molecule has 2 aliphatic carbocycles. The Kier molecular flexibility index (Phi) is 7.11. The van der Waals surface area contributed by atoms with Crippen LogP contribution in [0.2, 0.25) is 19.6 Å². The third-order valence-electron chi connectivity index (χ3n) is 6.70. The molecule has 0 spiro atoms. The zero-order chi connectivity index (χ0) is 19.5. The maximum atomic E-state index is 11.4. The van der Waals surface area contributed by atoms with Gasteiger partial charge in [-0.1, -0.05) is 20.3 Å². The molecule has 0 N–H and O–H groups in total. The average Bonchev–Trinajstić information content (AvgIpc) is 2.87. The number of carbonyl (C=O) groups is 2. The highest BCUT2D eigenvalue weighted by Crippen LogP contribution is 2.59. The lowest BCUT2D eigenvalue weighted by Crippen LogP contribution is -2.46. The highest BCUT2D eigenvalue weighted by molar-refractivity contribution is 6.69. The minimum atomic E-state index is -1.53. The first-order chi connectivity index (χ1) is 12.1. The molecule has 150 valence electrons. The van der Waals surface area contributed by atoms with Crippen LogP contribution in [-0.4, -0.2) is 33.3 Å². The molecule has 0 aliphatic heterocycles. The Morgan fingerprint density at radius 2 is 1.96 bits per heavy atom. The van der Waals surface area contributed by atoms with Gasteiger partial charge < -0.3 is 14.0 Å². The molecule has 2 saturated carbocycles. The van der Waals surface area contributed by atoms with Crippen LogP contribution >= 0.6 is 0 Å². The second-order valence-electron chi connectivity index (χ2n) is 9.87. The lowest BCUT2D eigenvalue weighted by molar-refractivity contribution is -0.143. The number of rotatable bonds is 8. The summed E-state index contributed by atoms with van der Waals surface area (Å²) in [5.74, 6) is 1.24. The monoisotopic (exact) mass is 382 g/mol. The number of carbonyl (C=O) groups excluding carboxylic acids is 2. The topological polar surface area (TPSA) is 52.6 Å². The largest absolute Gasteiger partial charge is 0.465 e. The fourth-order valence-corrected chi connectivity index (χ4v) is 6.91. The van der Waals surface area contributed by atoms with Gasteiger partial charge in [0.1, 0.15) is 12.9 Å². The third-order valence-corrected chi connectivity index (χ3v) is 7.70. The highest BCUT2D eigenvalue weighted by Gasteiger charge is 2.53. The summed E-state index contributed by atoms with van der Waals surface area (Å²) >= 11 is 0. The van der Waals surface area contributed by atoms with E-state index in [0.29, 0.717) is 29.3 Å². The van der Waals surface area contributed by atoms with E-state index in [2.05, 4.69) is 33.5 Å². The van der Waals surface area contributed by atoms with E-state index in [1.807, 2.05) is 0 Å². The van der Waals surface area contributed by atoms with Gasteiger partial charge in [-0.05, 0) is 74.9 Å². The van der Waals surface area contributed by atoms with Crippen molar-refractivity contribution in [3.63, 3.8) is 0 Å². The molecule has 2 fully saturated rings. The quantitative estimate of drug-likeness (QED) is 0.343. The maximum Gasteiger partial charge on any atom is 0.302 e. The van der Waals surface area contributed by atoms with Crippen molar-refractivity contribution in [2.24, 2.45) is 29.1 Å². The predicted octanol–water partition coefficient (Wildman–Crippen LogP) is 4.83. The van der Waals surface area contributed by atoms with Crippen molar-refractivity contribution in [1.82, 2.24) is 0 Å². The standard InChI is InChI=1S/C21H38O4Si/c1-15(12-17(13-22)14-24-16(2)23)18-9-10-19-20(25-26(4,5)6)8-7-11-21(18,19)3/h13,15,17-20H,7-12,14H2,1-6H3. The summed E-state index contributed by atoms with van der Waals surface area (Å²) < 4.78 is 11.7. The van der Waals surface area contributed by atoms with Crippen LogP contribution in [0.1, 0.15) is 59.3 Å². The SMILES string of the molecule is CC(=O)OCC(C=O)CC(C)C1CCC2C(O[Si](C)(C)C)CCCC12C. The zero-order valence-corrected chi connectivity index (χ0v) is 18.5. The first-order valence-electron chi connectivity index (χ1n) is 10.3. The summed E-state index contributed by atoms with van der Waals surface area (Å²) in [6.45, 7) is 13.2. The van der Waals surface area contributed by atoms with Crippen molar-refractivity contribution in [2.75, 3.05) is 6.61 Å². The second-order valence-corrected chi connectivity index (χ2v) is 14.3. The number of aldehydes is 1. The molecule has 0 aromatic heterocycles. The van der Waals surface area contributed by atoms with Gasteiger partial charge in [0.25, 0.3) is 0 Å². The first kappa shape index (κ1) is 21.6.